The van der Waals surface area contributed by atoms with E-state index in [0.29, 0.717) is 25.1 Å². The molecular weight excluding hydrogens is 546 g/mol. The Bertz CT molecular complexity index is 1330. The number of hydrogen-bond donors (Lipinski definition) is 0. The first-order chi connectivity index (χ1) is 19.9. The molecule has 12 heteroatoms. The van der Waals surface area contributed by atoms with Crippen LogP contribution in [-0.4, -0.2) is 67.8 Å². The van der Waals surface area contributed by atoms with Gasteiger partial charge in [-0.3, -0.25) is 19.8 Å². The highest BCUT2D eigenvalue weighted by Crippen LogP contribution is 2.34. The van der Waals surface area contributed by atoms with Crippen LogP contribution in [0, 0.1) is 10.1 Å². The van der Waals surface area contributed by atoms with Gasteiger partial charge in [-0.2, -0.15) is 11.8 Å². The van der Waals surface area contributed by atoms with Gasteiger partial charge in [-0.05, 0) is 61.1 Å². The van der Waals surface area contributed by atoms with E-state index >= 15 is 0 Å². The molecule has 0 saturated carbocycles. The van der Waals surface area contributed by atoms with Crippen molar-refractivity contribution in [1.82, 2.24) is 19.4 Å². The predicted molar refractivity (Wildman–Crippen MR) is 153 cm³/mol. The summed E-state index contributed by atoms with van der Waals surface area (Å²) in [6.07, 6.45) is 7.88. The van der Waals surface area contributed by atoms with Crippen molar-refractivity contribution >= 4 is 29.4 Å². The average Bonchev–Trinajstić information content (AvgIpc) is 3.70. The van der Waals surface area contributed by atoms with E-state index in [1.165, 1.54) is 12.1 Å². The van der Waals surface area contributed by atoms with Gasteiger partial charge in [0.05, 0.1) is 18.4 Å². The lowest BCUT2D eigenvalue weighted by atomic mass is 10.1. The molecule has 2 saturated heterocycles. The SMILES string of the molecule is COc1ccc(CS[C@H]2C[C@@H](C(=O)N3CCCCC3n3ccnc3)N(C(=O)OCc3ccc([N+](=O)[O-])cc3)C2)cc1. The quantitative estimate of drug-likeness (QED) is 0.256. The molecule has 0 aliphatic carbocycles. The van der Waals surface area contributed by atoms with Gasteiger partial charge < -0.3 is 18.9 Å². The Morgan fingerprint density at radius 1 is 1.07 bits per heavy atom. The number of hydrogen-bond acceptors (Lipinski definition) is 8. The second-order valence-electron chi connectivity index (χ2n) is 10.2. The normalized spacial score (nSPS) is 20.6. The van der Waals surface area contributed by atoms with E-state index in [9.17, 15) is 19.7 Å². The summed E-state index contributed by atoms with van der Waals surface area (Å²) >= 11 is 1.72. The van der Waals surface area contributed by atoms with Crippen molar-refractivity contribution in [2.45, 2.75) is 55.5 Å². The number of ether oxygens (including phenoxy) is 2. The van der Waals surface area contributed by atoms with Crippen molar-refractivity contribution < 1.29 is 24.0 Å². The number of benzene rings is 2. The van der Waals surface area contributed by atoms with Gasteiger partial charge in [0, 0.05) is 48.6 Å². The van der Waals surface area contributed by atoms with Crippen LogP contribution in [0.2, 0.25) is 0 Å². The van der Waals surface area contributed by atoms with Crippen molar-refractivity contribution in [3.05, 3.63) is 88.5 Å². The zero-order valence-corrected chi connectivity index (χ0v) is 23.7. The molecule has 1 aromatic heterocycles. The number of nitro groups is 1. The average molecular weight is 580 g/mol. The van der Waals surface area contributed by atoms with Gasteiger partial charge in [-0.25, -0.2) is 9.78 Å². The van der Waals surface area contributed by atoms with E-state index < -0.39 is 17.1 Å². The minimum Gasteiger partial charge on any atom is -0.497 e. The summed E-state index contributed by atoms with van der Waals surface area (Å²) in [6, 6.07) is 13.1. The minimum atomic E-state index is -0.642. The standard InChI is InChI=1S/C29H33N5O6S/c1-39-24-11-7-22(8-12-24)19-41-25-16-26(28(35)32-14-3-2-4-27(32)31-15-13-30-20-31)33(17-25)29(36)40-18-21-5-9-23(10-6-21)34(37)38/h5-13,15,20,25-27H,2-4,14,16-19H2,1H3/t25-,26-,27?/m0/s1. The van der Waals surface area contributed by atoms with Crippen LogP contribution in [0.25, 0.3) is 0 Å². The van der Waals surface area contributed by atoms with Crippen molar-refractivity contribution in [2.75, 3.05) is 20.2 Å². The first-order valence-electron chi connectivity index (χ1n) is 13.6. The molecule has 2 aliphatic heterocycles. The Morgan fingerprint density at radius 3 is 2.51 bits per heavy atom. The van der Waals surface area contributed by atoms with Crippen LogP contribution in [0.3, 0.4) is 0 Å². The van der Waals surface area contributed by atoms with Crippen molar-refractivity contribution in [2.24, 2.45) is 0 Å². The van der Waals surface area contributed by atoms with Crippen LogP contribution in [0.4, 0.5) is 10.5 Å². The second-order valence-corrected chi connectivity index (χ2v) is 11.5. The number of nitro benzene ring substituents is 1. The summed E-state index contributed by atoms with van der Waals surface area (Å²) in [7, 11) is 1.63. The Labute approximate surface area is 242 Å². The molecule has 0 N–H and O–H groups in total. The number of amides is 2. The molecular formula is C29H33N5O6S. The smallest absolute Gasteiger partial charge is 0.410 e. The maximum absolute atomic E-state index is 14.0. The van der Waals surface area contributed by atoms with Crippen molar-refractivity contribution in [3.63, 3.8) is 0 Å². The number of carbonyl (C=O) groups is 2. The Balaban J connectivity index is 1.29. The van der Waals surface area contributed by atoms with Crippen molar-refractivity contribution in [1.29, 1.82) is 0 Å². The van der Waals surface area contributed by atoms with E-state index in [1.807, 2.05) is 39.9 Å². The summed E-state index contributed by atoms with van der Waals surface area (Å²) in [4.78, 5) is 45.5. The summed E-state index contributed by atoms with van der Waals surface area (Å²) < 4.78 is 12.8. The molecule has 0 spiro atoms. The number of methoxy groups -OCH3 is 1. The van der Waals surface area contributed by atoms with Crippen LogP contribution < -0.4 is 4.74 Å². The lowest BCUT2D eigenvalue weighted by Crippen LogP contribution is -2.51. The van der Waals surface area contributed by atoms with Crippen molar-refractivity contribution in [3.8, 4) is 5.75 Å². The monoisotopic (exact) mass is 579 g/mol. The fourth-order valence-corrected chi connectivity index (χ4v) is 6.55. The van der Waals surface area contributed by atoms with E-state index in [4.69, 9.17) is 9.47 Å². The number of rotatable bonds is 9. The topological polar surface area (TPSA) is 120 Å². The molecule has 3 heterocycles. The summed E-state index contributed by atoms with van der Waals surface area (Å²) in [5.41, 5.74) is 1.73. The first kappa shape index (κ1) is 28.5. The summed E-state index contributed by atoms with van der Waals surface area (Å²) in [5.74, 6) is 1.45. The van der Waals surface area contributed by atoms with Crippen LogP contribution in [0.5, 0.6) is 5.75 Å². The van der Waals surface area contributed by atoms with E-state index in [2.05, 4.69) is 4.98 Å². The third-order valence-corrected chi connectivity index (χ3v) is 8.87. The van der Waals surface area contributed by atoms with Crippen LogP contribution in [0.15, 0.2) is 67.3 Å². The van der Waals surface area contributed by atoms with Crippen LogP contribution >= 0.6 is 11.8 Å². The molecule has 1 unspecified atom stereocenters. The molecule has 0 bridgehead atoms. The highest BCUT2D eigenvalue weighted by molar-refractivity contribution is 7.99. The van der Waals surface area contributed by atoms with Crippen LogP contribution in [-0.2, 0) is 21.9 Å². The number of non-ortho nitro benzene ring substituents is 1. The molecule has 5 rings (SSSR count). The number of imidazole rings is 1. The number of nitrogens with zero attached hydrogens (tertiary/aromatic N) is 5. The number of carbonyl (C=O) groups excluding carboxylic acids is 2. The Kier molecular flexibility index (Phi) is 9.07. The zero-order valence-electron chi connectivity index (χ0n) is 22.8. The number of piperidine rings is 1. The van der Waals surface area contributed by atoms with Crippen LogP contribution in [0.1, 0.15) is 43.0 Å². The fourth-order valence-electron chi connectivity index (χ4n) is 5.35. The van der Waals surface area contributed by atoms with Gasteiger partial charge in [0.2, 0.25) is 5.91 Å². The maximum atomic E-state index is 14.0. The number of likely N-dealkylation sites (tertiary alicyclic amines) is 2. The zero-order chi connectivity index (χ0) is 28.8. The molecule has 3 atom stereocenters. The fraction of sp³-hybridized carbons (Fsp3) is 0.414. The van der Waals surface area contributed by atoms with Gasteiger partial charge >= 0.3 is 6.09 Å². The number of thioether (sulfide) groups is 1. The molecule has 0 radical (unpaired) electrons. The van der Waals surface area contributed by atoms with Gasteiger partial charge in [-0.15, -0.1) is 0 Å². The molecule has 41 heavy (non-hydrogen) atoms. The van der Waals surface area contributed by atoms with E-state index in [1.54, 1.807) is 48.4 Å². The van der Waals surface area contributed by atoms with E-state index in [0.717, 1.165) is 36.3 Å². The molecule has 2 aliphatic rings. The second kappa shape index (κ2) is 13.1. The summed E-state index contributed by atoms with van der Waals surface area (Å²) in [5, 5.41) is 11.0. The third-order valence-electron chi connectivity index (χ3n) is 7.56. The number of aromatic nitrogens is 2. The molecule has 216 valence electrons. The molecule has 2 amide bonds. The third kappa shape index (κ3) is 6.82. The van der Waals surface area contributed by atoms with Gasteiger partial charge in [0.1, 0.15) is 24.6 Å². The Morgan fingerprint density at radius 2 is 1.83 bits per heavy atom. The highest BCUT2D eigenvalue weighted by atomic mass is 32.2. The first-order valence-corrected chi connectivity index (χ1v) is 14.7. The lowest BCUT2D eigenvalue weighted by Gasteiger charge is -2.39. The molecule has 2 aromatic carbocycles. The largest absolute Gasteiger partial charge is 0.497 e. The lowest BCUT2D eigenvalue weighted by molar-refractivity contribution is -0.384. The Hall–Kier alpha value is -4.06. The van der Waals surface area contributed by atoms with Gasteiger partial charge in [0.25, 0.3) is 5.69 Å². The predicted octanol–water partition coefficient (Wildman–Crippen LogP) is 5.02. The summed E-state index contributed by atoms with van der Waals surface area (Å²) in [6.45, 7) is 0.965. The van der Waals surface area contributed by atoms with Gasteiger partial charge in [0.15, 0.2) is 0 Å². The van der Waals surface area contributed by atoms with Gasteiger partial charge in [-0.1, -0.05) is 12.1 Å². The molecule has 3 aromatic rings. The molecule has 2 fully saturated rings. The molecule has 11 nitrogen and oxygen atoms in total. The highest BCUT2D eigenvalue weighted by Gasteiger charge is 2.44. The maximum Gasteiger partial charge on any atom is 0.410 e. The minimum absolute atomic E-state index is 0.0315. The van der Waals surface area contributed by atoms with E-state index in [-0.39, 0.29) is 29.6 Å².